The molecule has 0 aliphatic heterocycles. The van der Waals surface area contributed by atoms with Crippen molar-refractivity contribution < 1.29 is 27.5 Å². The van der Waals surface area contributed by atoms with Gasteiger partial charge in [-0.2, -0.15) is 13.2 Å². The Balaban J connectivity index is 1.54. The first-order valence-corrected chi connectivity index (χ1v) is 11.4. The number of amides is 2. The summed E-state index contributed by atoms with van der Waals surface area (Å²) in [5, 5.41) is 5.08. The summed E-state index contributed by atoms with van der Waals surface area (Å²) in [5.41, 5.74) is 1.37. The lowest BCUT2D eigenvalue weighted by Crippen LogP contribution is -2.18. The molecule has 4 rings (SSSR count). The molecule has 0 fully saturated rings. The van der Waals surface area contributed by atoms with E-state index in [0.29, 0.717) is 22.7 Å². The number of carbonyl (C=O) groups excluding carboxylic acids is 2. The van der Waals surface area contributed by atoms with Crippen LogP contribution in [-0.2, 0) is 6.18 Å². The Kier molecular flexibility index (Phi) is 7.38. The van der Waals surface area contributed by atoms with Crippen LogP contribution in [0.25, 0.3) is 11.1 Å². The summed E-state index contributed by atoms with van der Waals surface area (Å²) in [6.07, 6.45) is -1.46. The Labute approximate surface area is 216 Å². The molecular weight excluding hydrogens is 499 g/mol. The van der Waals surface area contributed by atoms with E-state index in [1.165, 1.54) is 25.4 Å². The summed E-state index contributed by atoms with van der Waals surface area (Å²) in [4.78, 5) is 33.2. The number of nitrogens with one attached hydrogen (secondary N) is 3. The molecule has 0 spiro atoms. The molecule has 4 aromatic rings. The third-order valence-corrected chi connectivity index (χ3v) is 5.58. The first kappa shape index (κ1) is 26.3. The van der Waals surface area contributed by atoms with E-state index in [9.17, 15) is 22.8 Å². The van der Waals surface area contributed by atoms with E-state index in [-0.39, 0.29) is 23.0 Å². The Bertz CT molecular complexity index is 1480. The maximum Gasteiger partial charge on any atom is 0.416 e. The van der Waals surface area contributed by atoms with Gasteiger partial charge in [-0.05, 0) is 48.0 Å². The van der Waals surface area contributed by atoms with Crippen molar-refractivity contribution in [2.45, 2.75) is 6.18 Å². The van der Waals surface area contributed by atoms with Gasteiger partial charge in [-0.15, -0.1) is 0 Å². The number of anilines is 2. The van der Waals surface area contributed by atoms with Gasteiger partial charge >= 0.3 is 6.18 Å². The van der Waals surface area contributed by atoms with Crippen molar-refractivity contribution >= 4 is 23.2 Å². The highest BCUT2D eigenvalue weighted by atomic mass is 19.4. The normalized spacial score (nSPS) is 11.1. The van der Waals surface area contributed by atoms with Crippen molar-refractivity contribution in [3.05, 3.63) is 90.0 Å². The fourth-order valence-corrected chi connectivity index (χ4v) is 3.69. The highest BCUT2D eigenvalue weighted by molar-refractivity contribution is 6.05. The van der Waals surface area contributed by atoms with Crippen LogP contribution in [0.2, 0.25) is 0 Å². The van der Waals surface area contributed by atoms with Gasteiger partial charge in [0.2, 0.25) is 0 Å². The molecule has 0 saturated carbocycles. The molecule has 38 heavy (non-hydrogen) atoms. The molecule has 2 aromatic carbocycles. The average Bonchev–Trinajstić information content (AvgIpc) is 3.38. The van der Waals surface area contributed by atoms with Gasteiger partial charge in [0.25, 0.3) is 11.8 Å². The van der Waals surface area contributed by atoms with Gasteiger partial charge in [0.1, 0.15) is 22.9 Å². The number of H-pyrrole nitrogens is 1. The number of ether oxygens (including phenoxy) is 1. The Hall–Kier alpha value is -4.80. The Morgan fingerprint density at radius 1 is 0.947 bits per heavy atom. The third-order valence-electron chi connectivity index (χ3n) is 5.58. The number of nitrogens with zero attached hydrogens (tertiary/aromatic N) is 2. The second-order valence-electron chi connectivity index (χ2n) is 8.47. The molecule has 0 saturated heterocycles. The van der Waals surface area contributed by atoms with Crippen molar-refractivity contribution in [1.29, 1.82) is 0 Å². The number of pyridine rings is 1. The van der Waals surface area contributed by atoms with Crippen molar-refractivity contribution in [3.63, 3.8) is 0 Å². The lowest BCUT2D eigenvalue weighted by Gasteiger charge is -2.19. The summed E-state index contributed by atoms with van der Waals surface area (Å²) in [5.74, 6) is -0.0271. The van der Waals surface area contributed by atoms with Gasteiger partial charge in [0.05, 0.1) is 16.9 Å². The molecule has 0 unspecified atom stereocenters. The number of hydrogen-bond acceptors (Lipinski definition) is 5. The predicted molar refractivity (Wildman–Crippen MR) is 138 cm³/mol. The van der Waals surface area contributed by atoms with Gasteiger partial charge < -0.3 is 25.3 Å². The summed E-state index contributed by atoms with van der Waals surface area (Å²) < 4.78 is 45.6. The monoisotopic (exact) mass is 523 g/mol. The highest BCUT2D eigenvalue weighted by Crippen LogP contribution is 2.35. The van der Waals surface area contributed by atoms with E-state index in [0.717, 1.165) is 17.7 Å². The van der Waals surface area contributed by atoms with Crippen molar-refractivity contribution in [2.24, 2.45) is 0 Å². The van der Waals surface area contributed by atoms with Crippen LogP contribution in [0.5, 0.6) is 11.5 Å². The van der Waals surface area contributed by atoms with Crippen LogP contribution >= 0.6 is 0 Å². The number of halogens is 3. The number of rotatable bonds is 7. The second-order valence-corrected chi connectivity index (χ2v) is 8.47. The summed E-state index contributed by atoms with van der Waals surface area (Å²) in [7, 11) is 4.85. The number of hydrogen-bond donors (Lipinski definition) is 3. The van der Waals surface area contributed by atoms with Gasteiger partial charge in [0.15, 0.2) is 0 Å². The fourth-order valence-electron chi connectivity index (χ4n) is 3.69. The zero-order valence-corrected chi connectivity index (χ0v) is 20.7. The lowest BCUT2D eigenvalue weighted by molar-refractivity contribution is -0.137. The first-order chi connectivity index (χ1) is 18.0. The topological polar surface area (TPSA) is 99.3 Å². The SMILES string of the molecule is CNC(=O)c1cc(Oc2cccc(-c3c[nH]c(C(=O)Nc4cc(C(F)(F)F)ccc4N(C)C)c3)c2)ccn1. The molecule has 0 radical (unpaired) electrons. The molecule has 2 aromatic heterocycles. The summed E-state index contributed by atoms with van der Waals surface area (Å²) in [6.45, 7) is 0. The zero-order valence-electron chi connectivity index (χ0n) is 20.7. The summed E-state index contributed by atoms with van der Waals surface area (Å²) >= 11 is 0. The van der Waals surface area contributed by atoms with E-state index >= 15 is 0 Å². The summed E-state index contributed by atoms with van der Waals surface area (Å²) in [6, 6.07) is 15.0. The molecule has 0 aliphatic rings. The molecule has 0 atom stereocenters. The minimum absolute atomic E-state index is 0.0369. The van der Waals surface area contributed by atoms with Crippen LogP contribution in [0.4, 0.5) is 24.5 Å². The van der Waals surface area contributed by atoms with Gasteiger partial charge in [-0.3, -0.25) is 14.6 Å². The molecular formula is C27H24F3N5O3. The third kappa shape index (κ3) is 5.94. The molecule has 2 amide bonds. The number of aromatic nitrogens is 2. The molecule has 8 nitrogen and oxygen atoms in total. The van der Waals surface area contributed by atoms with Crippen LogP contribution < -0.4 is 20.3 Å². The van der Waals surface area contributed by atoms with Crippen LogP contribution in [0, 0.1) is 0 Å². The maximum absolute atomic E-state index is 13.2. The van der Waals surface area contributed by atoms with Crippen LogP contribution in [-0.4, -0.2) is 42.9 Å². The number of benzene rings is 2. The van der Waals surface area contributed by atoms with Gasteiger partial charge in [-0.25, -0.2) is 0 Å². The fraction of sp³-hybridized carbons (Fsp3) is 0.148. The van der Waals surface area contributed by atoms with Crippen molar-refractivity contribution in [1.82, 2.24) is 15.3 Å². The smallest absolute Gasteiger partial charge is 0.416 e. The van der Waals surface area contributed by atoms with Gasteiger partial charge in [-0.1, -0.05) is 12.1 Å². The largest absolute Gasteiger partial charge is 0.457 e. The highest BCUT2D eigenvalue weighted by Gasteiger charge is 2.31. The molecule has 2 heterocycles. The standard InChI is InChI=1S/C27H24F3N5O3/c1-31-25(36)23-14-20(9-10-32-23)38-19-6-4-5-16(11-19)17-12-22(33-15-17)26(37)34-21-13-18(27(28,29)30)7-8-24(21)35(2)3/h4-15,33H,1-3H3,(H,31,36)(H,34,37). The number of alkyl halides is 3. The van der Waals surface area contributed by atoms with E-state index in [1.807, 2.05) is 6.07 Å². The average molecular weight is 524 g/mol. The van der Waals surface area contributed by atoms with Crippen molar-refractivity contribution in [3.8, 4) is 22.6 Å². The quantitative estimate of drug-likeness (QED) is 0.294. The Morgan fingerprint density at radius 2 is 1.71 bits per heavy atom. The van der Waals surface area contributed by atoms with E-state index < -0.39 is 17.6 Å². The minimum atomic E-state index is -4.54. The molecule has 0 bridgehead atoms. The predicted octanol–water partition coefficient (Wildman–Crippen LogP) is 5.57. The van der Waals surface area contributed by atoms with E-state index in [2.05, 4.69) is 20.6 Å². The molecule has 0 aliphatic carbocycles. The maximum atomic E-state index is 13.2. The zero-order chi connectivity index (χ0) is 27.4. The van der Waals surface area contributed by atoms with Gasteiger partial charge in [0, 0.05) is 45.2 Å². The van der Waals surface area contributed by atoms with Crippen LogP contribution in [0.1, 0.15) is 26.5 Å². The minimum Gasteiger partial charge on any atom is -0.457 e. The number of aromatic amines is 1. The number of carbonyl (C=O) groups is 2. The Morgan fingerprint density at radius 3 is 2.42 bits per heavy atom. The van der Waals surface area contributed by atoms with Crippen LogP contribution in [0.15, 0.2) is 73.1 Å². The second kappa shape index (κ2) is 10.7. The lowest BCUT2D eigenvalue weighted by atomic mass is 10.1. The van der Waals surface area contributed by atoms with E-state index in [4.69, 9.17) is 4.74 Å². The first-order valence-electron chi connectivity index (χ1n) is 11.4. The molecule has 3 N–H and O–H groups in total. The van der Waals surface area contributed by atoms with Crippen LogP contribution in [0.3, 0.4) is 0 Å². The van der Waals surface area contributed by atoms with E-state index in [1.54, 1.807) is 55.5 Å². The molecule has 196 valence electrons. The molecule has 11 heteroatoms. The van der Waals surface area contributed by atoms with Crippen molar-refractivity contribution in [2.75, 3.05) is 31.4 Å².